The number of nitrogens with zero attached hydrogens (tertiary/aromatic N) is 3. The van der Waals surface area contributed by atoms with Gasteiger partial charge in [0.25, 0.3) is 0 Å². The van der Waals surface area contributed by atoms with Crippen LogP contribution in [0.2, 0.25) is 0 Å². The molecule has 0 aliphatic carbocycles. The van der Waals surface area contributed by atoms with Gasteiger partial charge in [0.2, 0.25) is 0 Å². The normalized spacial score (nSPS) is 19.8. The molecule has 4 heteroatoms. The Labute approximate surface area is 116 Å². The Morgan fingerprint density at radius 3 is 3.05 bits per heavy atom. The molecule has 1 N–H and O–H groups in total. The van der Waals surface area contributed by atoms with Crippen molar-refractivity contribution in [3.63, 3.8) is 0 Å². The molecule has 0 bridgehead atoms. The largest absolute Gasteiger partial charge is 0.358 e. The first-order valence-corrected chi connectivity index (χ1v) is 7.27. The van der Waals surface area contributed by atoms with Crippen LogP contribution in [-0.2, 0) is 6.54 Å². The van der Waals surface area contributed by atoms with E-state index in [2.05, 4.69) is 53.3 Å². The fourth-order valence-corrected chi connectivity index (χ4v) is 2.67. The minimum absolute atomic E-state index is 0.671. The zero-order valence-corrected chi connectivity index (χ0v) is 12.4. The van der Waals surface area contributed by atoms with E-state index in [-0.39, 0.29) is 0 Å². The van der Waals surface area contributed by atoms with Gasteiger partial charge in [-0.2, -0.15) is 0 Å². The highest BCUT2D eigenvalue weighted by Crippen LogP contribution is 2.18. The van der Waals surface area contributed by atoms with Crippen molar-refractivity contribution in [1.29, 1.82) is 0 Å². The molecular weight excluding hydrogens is 236 g/mol. The number of rotatable bonds is 6. The Hall–Kier alpha value is -1.13. The predicted octanol–water partition coefficient (Wildman–Crippen LogP) is 1.72. The molecule has 0 amide bonds. The average molecular weight is 262 g/mol. The van der Waals surface area contributed by atoms with E-state index in [1.54, 1.807) is 0 Å². The lowest BCUT2D eigenvalue weighted by Crippen LogP contribution is -2.37. The van der Waals surface area contributed by atoms with Gasteiger partial charge < -0.3 is 15.1 Å². The lowest BCUT2D eigenvalue weighted by atomic mass is 10.2. The van der Waals surface area contributed by atoms with Crippen LogP contribution in [0.25, 0.3) is 0 Å². The summed E-state index contributed by atoms with van der Waals surface area (Å²) in [6, 6.07) is 4.95. The first-order chi connectivity index (χ1) is 9.20. The highest BCUT2D eigenvalue weighted by molar-refractivity contribution is 5.40. The molecule has 106 valence electrons. The summed E-state index contributed by atoms with van der Waals surface area (Å²) in [5.74, 6) is 1.08. The van der Waals surface area contributed by atoms with Crippen LogP contribution in [0.3, 0.4) is 0 Å². The standard InChI is InChI=1S/C15H26N4/c1-4-16-11-13-7-8-17-15(10-13)19(3)12-14-6-5-9-18(14)2/h7-8,10,14,16H,4-6,9,11-12H2,1-3H3. The zero-order valence-electron chi connectivity index (χ0n) is 12.4. The van der Waals surface area contributed by atoms with Crippen LogP contribution in [0, 0.1) is 0 Å². The van der Waals surface area contributed by atoms with Crippen molar-refractivity contribution in [3.05, 3.63) is 23.9 Å². The first kappa shape index (κ1) is 14.3. The van der Waals surface area contributed by atoms with Crippen LogP contribution in [0.15, 0.2) is 18.3 Å². The number of hydrogen-bond acceptors (Lipinski definition) is 4. The summed E-state index contributed by atoms with van der Waals surface area (Å²) in [5, 5.41) is 3.36. The molecule has 1 saturated heterocycles. The van der Waals surface area contributed by atoms with E-state index in [4.69, 9.17) is 0 Å². The van der Waals surface area contributed by atoms with Crippen LogP contribution >= 0.6 is 0 Å². The monoisotopic (exact) mass is 262 g/mol. The smallest absolute Gasteiger partial charge is 0.128 e. The molecular formula is C15H26N4. The summed E-state index contributed by atoms with van der Waals surface area (Å²) >= 11 is 0. The van der Waals surface area contributed by atoms with Crippen molar-refractivity contribution in [2.24, 2.45) is 0 Å². The summed E-state index contributed by atoms with van der Waals surface area (Å²) < 4.78 is 0. The van der Waals surface area contributed by atoms with Gasteiger partial charge in [0.1, 0.15) is 5.82 Å². The third-order valence-electron chi connectivity index (χ3n) is 3.94. The quantitative estimate of drug-likeness (QED) is 0.846. The van der Waals surface area contributed by atoms with Crippen molar-refractivity contribution >= 4 is 5.82 Å². The van der Waals surface area contributed by atoms with E-state index in [0.29, 0.717) is 6.04 Å². The molecule has 0 spiro atoms. The summed E-state index contributed by atoms with van der Waals surface area (Å²) in [4.78, 5) is 9.23. The molecule has 4 nitrogen and oxygen atoms in total. The fourth-order valence-electron chi connectivity index (χ4n) is 2.67. The van der Waals surface area contributed by atoms with Gasteiger partial charge in [0, 0.05) is 32.4 Å². The van der Waals surface area contributed by atoms with E-state index in [1.165, 1.54) is 24.9 Å². The van der Waals surface area contributed by atoms with Crippen molar-refractivity contribution in [2.75, 3.05) is 38.6 Å². The molecule has 1 aliphatic heterocycles. The summed E-state index contributed by atoms with van der Waals surface area (Å²) in [6.45, 7) is 6.34. The van der Waals surface area contributed by atoms with Gasteiger partial charge >= 0.3 is 0 Å². The maximum Gasteiger partial charge on any atom is 0.128 e. The fraction of sp³-hybridized carbons (Fsp3) is 0.667. The third-order valence-corrected chi connectivity index (χ3v) is 3.94. The topological polar surface area (TPSA) is 31.4 Å². The summed E-state index contributed by atoms with van der Waals surface area (Å²) in [5.41, 5.74) is 1.30. The second-order valence-electron chi connectivity index (χ2n) is 5.46. The van der Waals surface area contributed by atoms with E-state index >= 15 is 0 Å². The van der Waals surface area contributed by atoms with E-state index < -0.39 is 0 Å². The number of hydrogen-bond donors (Lipinski definition) is 1. The first-order valence-electron chi connectivity index (χ1n) is 7.27. The van der Waals surface area contributed by atoms with Gasteiger partial charge in [-0.15, -0.1) is 0 Å². The molecule has 1 aliphatic rings. The Kier molecular flexibility index (Phi) is 5.16. The lowest BCUT2D eigenvalue weighted by Gasteiger charge is -2.26. The highest BCUT2D eigenvalue weighted by Gasteiger charge is 2.22. The SMILES string of the molecule is CCNCc1ccnc(N(C)CC2CCCN2C)c1. The minimum atomic E-state index is 0.671. The second-order valence-corrected chi connectivity index (χ2v) is 5.46. The maximum atomic E-state index is 4.49. The van der Waals surface area contributed by atoms with Crippen LogP contribution in [0.1, 0.15) is 25.3 Å². The van der Waals surface area contributed by atoms with Crippen molar-refractivity contribution in [2.45, 2.75) is 32.4 Å². The van der Waals surface area contributed by atoms with Crippen LogP contribution < -0.4 is 10.2 Å². The number of nitrogens with one attached hydrogen (secondary N) is 1. The number of anilines is 1. The number of likely N-dealkylation sites (N-methyl/N-ethyl adjacent to an activating group) is 2. The van der Waals surface area contributed by atoms with Gasteiger partial charge in [-0.3, -0.25) is 0 Å². The van der Waals surface area contributed by atoms with Crippen LogP contribution in [-0.4, -0.2) is 49.7 Å². The molecule has 2 heterocycles. The van der Waals surface area contributed by atoms with Crippen molar-refractivity contribution in [3.8, 4) is 0 Å². The molecule has 0 aromatic carbocycles. The zero-order chi connectivity index (χ0) is 13.7. The molecule has 1 aromatic heterocycles. The van der Waals surface area contributed by atoms with Gasteiger partial charge in [-0.05, 0) is 50.7 Å². The van der Waals surface area contributed by atoms with Gasteiger partial charge in [-0.25, -0.2) is 4.98 Å². The number of aromatic nitrogens is 1. The van der Waals surface area contributed by atoms with E-state index in [9.17, 15) is 0 Å². The van der Waals surface area contributed by atoms with Crippen LogP contribution in [0.4, 0.5) is 5.82 Å². The Morgan fingerprint density at radius 1 is 1.53 bits per heavy atom. The third kappa shape index (κ3) is 3.91. The van der Waals surface area contributed by atoms with Crippen molar-refractivity contribution < 1.29 is 0 Å². The molecule has 1 aromatic rings. The Bertz CT molecular complexity index is 393. The maximum absolute atomic E-state index is 4.49. The number of pyridine rings is 1. The predicted molar refractivity (Wildman–Crippen MR) is 80.5 cm³/mol. The minimum Gasteiger partial charge on any atom is -0.358 e. The lowest BCUT2D eigenvalue weighted by molar-refractivity contribution is 0.314. The van der Waals surface area contributed by atoms with E-state index in [1.807, 2.05) is 6.20 Å². The molecule has 19 heavy (non-hydrogen) atoms. The second kappa shape index (κ2) is 6.87. The Balaban J connectivity index is 1.96. The van der Waals surface area contributed by atoms with Gasteiger partial charge in [0.15, 0.2) is 0 Å². The van der Waals surface area contributed by atoms with E-state index in [0.717, 1.165) is 25.5 Å². The average Bonchev–Trinajstić information content (AvgIpc) is 2.82. The molecule has 1 unspecified atom stereocenters. The van der Waals surface area contributed by atoms with Crippen LogP contribution in [0.5, 0.6) is 0 Å². The Morgan fingerprint density at radius 2 is 2.37 bits per heavy atom. The number of likely N-dealkylation sites (tertiary alicyclic amines) is 1. The molecule has 1 fully saturated rings. The summed E-state index contributed by atoms with van der Waals surface area (Å²) in [6.07, 6.45) is 4.54. The highest BCUT2D eigenvalue weighted by atomic mass is 15.2. The molecule has 1 atom stereocenters. The van der Waals surface area contributed by atoms with Gasteiger partial charge in [0.05, 0.1) is 0 Å². The summed E-state index contributed by atoms with van der Waals surface area (Å²) in [7, 11) is 4.37. The van der Waals surface area contributed by atoms with Gasteiger partial charge in [-0.1, -0.05) is 6.92 Å². The van der Waals surface area contributed by atoms with Crippen molar-refractivity contribution in [1.82, 2.24) is 15.2 Å². The molecule has 0 saturated carbocycles. The molecule has 2 rings (SSSR count). The molecule has 0 radical (unpaired) electrons.